The van der Waals surface area contributed by atoms with Gasteiger partial charge in [0.05, 0.1) is 22.6 Å². The van der Waals surface area contributed by atoms with Crippen LogP contribution in [0.3, 0.4) is 0 Å². The zero-order chi connectivity index (χ0) is 23.4. The number of hydrogen-bond donors (Lipinski definition) is 2. The lowest BCUT2D eigenvalue weighted by Gasteiger charge is -2.14. The smallest absolute Gasteiger partial charge is 0.338 e. The summed E-state index contributed by atoms with van der Waals surface area (Å²) in [6, 6.07) is 19.7. The number of alkyl halides is 3. The molecule has 166 valence electrons. The first-order valence-electron chi connectivity index (χ1n) is 9.67. The standard InChI is InChI=1S/C23H16F3N5O2/c24-23(25,26)22(33)29-18-11-5-4-10-17(18)28-20-13-19(15-7-2-1-3-8-15)30-31(20)21(32)16-9-6-12-27-14-16/h1-14,28H,(H,29,33). The minimum absolute atomic E-state index is 0.109. The fourth-order valence-corrected chi connectivity index (χ4v) is 3.02. The first-order chi connectivity index (χ1) is 15.8. The Morgan fingerprint density at radius 1 is 0.879 bits per heavy atom. The number of rotatable bonds is 5. The van der Waals surface area contributed by atoms with Gasteiger partial charge in [-0.15, -0.1) is 0 Å². The van der Waals surface area contributed by atoms with E-state index in [2.05, 4.69) is 15.4 Å². The highest BCUT2D eigenvalue weighted by Gasteiger charge is 2.39. The van der Waals surface area contributed by atoms with Crippen LogP contribution in [0.15, 0.2) is 85.2 Å². The van der Waals surface area contributed by atoms with E-state index in [9.17, 15) is 22.8 Å². The average Bonchev–Trinajstić information content (AvgIpc) is 3.24. The molecule has 0 radical (unpaired) electrons. The van der Waals surface area contributed by atoms with Crippen LogP contribution in [0.2, 0.25) is 0 Å². The van der Waals surface area contributed by atoms with Crippen LogP contribution >= 0.6 is 0 Å². The molecule has 0 aliphatic heterocycles. The summed E-state index contributed by atoms with van der Waals surface area (Å²) in [5.74, 6) is -2.41. The molecule has 33 heavy (non-hydrogen) atoms. The summed E-state index contributed by atoms with van der Waals surface area (Å²) < 4.78 is 39.3. The number of benzene rings is 2. The van der Waals surface area contributed by atoms with E-state index in [0.29, 0.717) is 5.69 Å². The molecule has 2 aromatic carbocycles. The number of para-hydroxylation sites is 2. The van der Waals surface area contributed by atoms with Crippen molar-refractivity contribution in [2.75, 3.05) is 10.6 Å². The molecule has 1 amide bonds. The molecular weight excluding hydrogens is 435 g/mol. The molecule has 7 nitrogen and oxygen atoms in total. The van der Waals surface area contributed by atoms with Crippen molar-refractivity contribution in [2.45, 2.75) is 6.18 Å². The quantitative estimate of drug-likeness (QED) is 0.452. The van der Waals surface area contributed by atoms with Crippen molar-refractivity contribution >= 4 is 29.0 Å². The van der Waals surface area contributed by atoms with Crippen LogP contribution in [0.5, 0.6) is 0 Å². The average molecular weight is 451 g/mol. The zero-order valence-corrected chi connectivity index (χ0v) is 16.9. The number of halogens is 3. The Labute approximate surface area is 185 Å². The van der Waals surface area contributed by atoms with Crippen molar-refractivity contribution in [1.29, 1.82) is 0 Å². The van der Waals surface area contributed by atoms with E-state index in [1.165, 1.54) is 30.6 Å². The van der Waals surface area contributed by atoms with Gasteiger partial charge in [0.25, 0.3) is 5.91 Å². The lowest BCUT2D eigenvalue weighted by Crippen LogP contribution is -2.30. The van der Waals surface area contributed by atoms with Gasteiger partial charge in [-0.3, -0.25) is 14.6 Å². The van der Waals surface area contributed by atoms with E-state index in [0.717, 1.165) is 10.2 Å². The number of anilines is 3. The molecule has 0 atom stereocenters. The van der Waals surface area contributed by atoms with E-state index in [1.807, 2.05) is 35.6 Å². The van der Waals surface area contributed by atoms with Gasteiger partial charge in [-0.2, -0.15) is 23.0 Å². The van der Waals surface area contributed by atoms with Gasteiger partial charge in [0.15, 0.2) is 0 Å². The molecule has 4 aromatic rings. The van der Waals surface area contributed by atoms with Gasteiger partial charge < -0.3 is 10.6 Å². The van der Waals surface area contributed by atoms with Crippen LogP contribution in [0.25, 0.3) is 11.3 Å². The normalized spacial score (nSPS) is 11.1. The summed E-state index contributed by atoms with van der Waals surface area (Å²) in [5, 5.41) is 9.15. The summed E-state index contributed by atoms with van der Waals surface area (Å²) in [4.78, 5) is 28.5. The number of amides is 1. The highest BCUT2D eigenvalue weighted by Crippen LogP contribution is 2.30. The molecule has 10 heteroatoms. The van der Waals surface area contributed by atoms with E-state index in [4.69, 9.17) is 0 Å². The topological polar surface area (TPSA) is 88.9 Å². The van der Waals surface area contributed by atoms with E-state index >= 15 is 0 Å². The molecule has 0 saturated carbocycles. The van der Waals surface area contributed by atoms with Crippen molar-refractivity contribution < 1.29 is 22.8 Å². The summed E-state index contributed by atoms with van der Waals surface area (Å²) in [6.45, 7) is 0. The maximum Gasteiger partial charge on any atom is 0.471 e. The molecule has 0 bridgehead atoms. The molecule has 0 aliphatic rings. The largest absolute Gasteiger partial charge is 0.471 e. The molecular formula is C23H16F3N5O2. The first kappa shape index (κ1) is 21.8. The molecule has 2 heterocycles. The van der Waals surface area contributed by atoms with E-state index in [-0.39, 0.29) is 22.8 Å². The predicted molar refractivity (Wildman–Crippen MR) is 116 cm³/mol. The van der Waals surface area contributed by atoms with Crippen molar-refractivity contribution in [3.63, 3.8) is 0 Å². The fourth-order valence-electron chi connectivity index (χ4n) is 3.02. The molecule has 0 fully saturated rings. The number of nitrogens with one attached hydrogen (secondary N) is 2. The summed E-state index contributed by atoms with van der Waals surface area (Å²) >= 11 is 0. The molecule has 2 N–H and O–H groups in total. The van der Waals surface area contributed by atoms with Crippen molar-refractivity contribution in [3.05, 3.63) is 90.8 Å². The zero-order valence-electron chi connectivity index (χ0n) is 16.9. The van der Waals surface area contributed by atoms with Gasteiger partial charge in [0.2, 0.25) is 0 Å². The molecule has 0 saturated heterocycles. The number of carbonyl (C=O) groups is 2. The molecule has 2 aromatic heterocycles. The summed E-state index contributed by atoms with van der Waals surface area (Å²) in [6.07, 6.45) is -2.15. The number of nitrogens with zero attached hydrogens (tertiary/aromatic N) is 3. The van der Waals surface area contributed by atoms with Crippen LogP contribution in [-0.2, 0) is 4.79 Å². The lowest BCUT2D eigenvalue weighted by atomic mass is 10.1. The van der Waals surface area contributed by atoms with Crippen LogP contribution in [0.1, 0.15) is 10.4 Å². The third-order valence-electron chi connectivity index (χ3n) is 4.58. The Morgan fingerprint density at radius 3 is 2.24 bits per heavy atom. The maximum absolute atomic E-state index is 13.1. The summed E-state index contributed by atoms with van der Waals surface area (Å²) in [5.41, 5.74) is 1.50. The Morgan fingerprint density at radius 2 is 1.58 bits per heavy atom. The van der Waals surface area contributed by atoms with E-state index in [1.54, 1.807) is 24.3 Å². The van der Waals surface area contributed by atoms with Crippen LogP contribution < -0.4 is 10.6 Å². The summed E-state index contributed by atoms with van der Waals surface area (Å²) in [7, 11) is 0. The third kappa shape index (κ3) is 4.90. The second-order valence-corrected chi connectivity index (χ2v) is 6.86. The highest BCUT2D eigenvalue weighted by molar-refractivity contribution is 6.00. The Bertz CT molecular complexity index is 1290. The number of carbonyl (C=O) groups excluding carboxylic acids is 2. The molecule has 0 unspecified atom stereocenters. The molecule has 0 aliphatic carbocycles. The van der Waals surface area contributed by atoms with Crippen molar-refractivity contribution in [2.24, 2.45) is 0 Å². The van der Waals surface area contributed by atoms with Gasteiger partial charge in [0, 0.05) is 24.0 Å². The lowest BCUT2D eigenvalue weighted by molar-refractivity contribution is -0.167. The first-order valence-corrected chi connectivity index (χ1v) is 9.67. The second-order valence-electron chi connectivity index (χ2n) is 6.86. The second kappa shape index (κ2) is 8.95. The molecule has 0 spiro atoms. The van der Waals surface area contributed by atoms with Gasteiger partial charge in [-0.1, -0.05) is 42.5 Å². The van der Waals surface area contributed by atoms with Gasteiger partial charge >= 0.3 is 12.1 Å². The predicted octanol–water partition coefficient (Wildman–Crippen LogP) is 4.88. The van der Waals surface area contributed by atoms with Crippen molar-refractivity contribution in [3.8, 4) is 11.3 Å². The van der Waals surface area contributed by atoms with Crippen molar-refractivity contribution in [1.82, 2.24) is 14.8 Å². The minimum Gasteiger partial charge on any atom is -0.338 e. The molecule has 4 rings (SSSR count). The van der Waals surface area contributed by atoms with E-state index < -0.39 is 18.0 Å². The van der Waals surface area contributed by atoms with Gasteiger partial charge in [-0.25, -0.2) is 0 Å². The third-order valence-corrected chi connectivity index (χ3v) is 4.58. The van der Waals surface area contributed by atoms with Crippen LogP contribution in [0.4, 0.5) is 30.4 Å². The van der Waals surface area contributed by atoms with Gasteiger partial charge in [0.1, 0.15) is 5.82 Å². The Balaban J connectivity index is 1.74. The highest BCUT2D eigenvalue weighted by atomic mass is 19.4. The number of aromatic nitrogens is 3. The Hall–Kier alpha value is -4.47. The number of hydrogen-bond acceptors (Lipinski definition) is 5. The van der Waals surface area contributed by atoms with Crippen LogP contribution in [0, 0.1) is 0 Å². The number of pyridine rings is 1. The SMILES string of the molecule is O=C(c1cccnc1)n1nc(-c2ccccc2)cc1Nc1ccccc1NC(=O)C(F)(F)F. The monoisotopic (exact) mass is 451 g/mol. The van der Waals surface area contributed by atoms with Gasteiger partial charge in [-0.05, 0) is 24.3 Å². The Kier molecular flexibility index (Phi) is 5.90. The minimum atomic E-state index is -5.05. The van der Waals surface area contributed by atoms with Crippen LogP contribution in [-0.4, -0.2) is 32.8 Å². The fraction of sp³-hybridized carbons (Fsp3) is 0.0435. The maximum atomic E-state index is 13.1.